The van der Waals surface area contributed by atoms with Crippen molar-refractivity contribution < 1.29 is 0 Å². The fourth-order valence-corrected chi connectivity index (χ4v) is 2.78. The molecule has 1 saturated carbocycles. The van der Waals surface area contributed by atoms with Gasteiger partial charge in [0.1, 0.15) is 17.5 Å². The minimum atomic E-state index is 0.529. The van der Waals surface area contributed by atoms with Gasteiger partial charge in [-0.1, -0.05) is 6.42 Å². The Labute approximate surface area is 120 Å². The van der Waals surface area contributed by atoms with Crippen LogP contribution in [0.25, 0.3) is 0 Å². The Morgan fingerprint density at radius 1 is 1.25 bits per heavy atom. The molecule has 1 unspecified atom stereocenters. The average Bonchev–Trinajstić information content (AvgIpc) is 3.31. The molecule has 3 rings (SSSR count). The van der Waals surface area contributed by atoms with Gasteiger partial charge in [0, 0.05) is 24.6 Å². The number of likely N-dealkylation sites (N-methyl/N-ethyl adjacent to an activating group) is 1. The molecule has 1 aliphatic heterocycles. The average molecular weight is 276 g/mol. The molecule has 4 N–H and O–H groups in total. The second-order valence-corrected chi connectivity index (χ2v) is 5.93. The quantitative estimate of drug-likeness (QED) is 0.559. The molecular formula is C14H24N6. The number of hydrogen-bond donors (Lipinski definition) is 3. The lowest BCUT2D eigenvalue weighted by molar-refractivity contribution is 0.194. The van der Waals surface area contributed by atoms with Gasteiger partial charge in [0.05, 0.1) is 0 Å². The molecule has 20 heavy (non-hydrogen) atoms. The Balaban J connectivity index is 1.65. The van der Waals surface area contributed by atoms with Crippen LogP contribution in [0.1, 0.15) is 43.8 Å². The number of likely N-dealkylation sites (tertiary alicyclic amines) is 1. The van der Waals surface area contributed by atoms with E-state index in [1.165, 1.54) is 38.6 Å². The van der Waals surface area contributed by atoms with E-state index in [2.05, 4.69) is 32.7 Å². The van der Waals surface area contributed by atoms with Crippen molar-refractivity contribution in [2.24, 2.45) is 5.84 Å². The normalized spacial score (nSPS) is 23.6. The van der Waals surface area contributed by atoms with E-state index in [1.807, 2.05) is 6.07 Å². The van der Waals surface area contributed by atoms with Crippen molar-refractivity contribution in [3.05, 3.63) is 11.9 Å². The summed E-state index contributed by atoms with van der Waals surface area (Å²) in [5.41, 5.74) is 2.64. The highest BCUT2D eigenvalue weighted by molar-refractivity contribution is 5.47. The van der Waals surface area contributed by atoms with Crippen LogP contribution in [0.4, 0.5) is 11.6 Å². The van der Waals surface area contributed by atoms with Crippen LogP contribution in [0.3, 0.4) is 0 Å². The molecule has 1 aromatic heterocycles. The summed E-state index contributed by atoms with van der Waals surface area (Å²) < 4.78 is 0. The predicted octanol–water partition coefficient (Wildman–Crippen LogP) is 1.54. The molecule has 1 aromatic rings. The molecular weight excluding hydrogens is 252 g/mol. The van der Waals surface area contributed by atoms with E-state index >= 15 is 0 Å². The van der Waals surface area contributed by atoms with Crippen molar-refractivity contribution in [3.8, 4) is 0 Å². The molecule has 1 saturated heterocycles. The second kappa shape index (κ2) is 5.93. The molecule has 0 bridgehead atoms. The van der Waals surface area contributed by atoms with E-state index in [9.17, 15) is 0 Å². The Hall–Kier alpha value is -1.40. The van der Waals surface area contributed by atoms with Gasteiger partial charge in [-0.05, 0) is 39.3 Å². The molecule has 0 spiro atoms. The number of nitrogens with zero attached hydrogens (tertiary/aromatic N) is 3. The molecule has 6 heteroatoms. The number of hydrazine groups is 1. The van der Waals surface area contributed by atoms with Crippen molar-refractivity contribution >= 4 is 11.6 Å². The van der Waals surface area contributed by atoms with Gasteiger partial charge < -0.3 is 15.6 Å². The van der Waals surface area contributed by atoms with E-state index in [0.29, 0.717) is 17.8 Å². The maximum Gasteiger partial charge on any atom is 0.145 e. The lowest BCUT2D eigenvalue weighted by Gasteiger charge is -2.32. The third kappa shape index (κ3) is 3.19. The van der Waals surface area contributed by atoms with Crippen molar-refractivity contribution in [2.45, 2.75) is 44.1 Å². The summed E-state index contributed by atoms with van der Waals surface area (Å²) in [6, 6.07) is 2.48. The topological polar surface area (TPSA) is 79.1 Å². The predicted molar refractivity (Wildman–Crippen MR) is 80.6 cm³/mol. The largest absolute Gasteiger partial charge is 0.368 e. The van der Waals surface area contributed by atoms with Crippen LogP contribution in [-0.4, -0.2) is 41.0 Å². The van der Waals surface area contributed by atoms with Gasteiger partial charge in [-0.25, -0.2) is 15.8 Å². The summed E-state index contributed by atoms with van der Waals surface area (Å²) >= 11 is 0. The highest BCUT2D eigenvalue weighted by Crippen LogP contribution is 2.38. The van der Waals surface area contributed by atoms with Crippen LogP contribution in [0.15, 0.2) is 6.07 Å². The first kappa shape index (κ1) is 13.6. The van der Waals surface area contributed by atoms with Crippen molar-refractivity contribution in [3.63, 3.8) is 0 Å². The van der Waals surface area contributed by atoms with Crippen LogP contribution in [0.5, 0.6) is 0 Å². The first-order valence-corrected chi connectivity index (χ1v) is 7.56. The Morgan fingerprint density at radius 3 is 2.75 bits per heavy atom. The summed E-state index contributed by atoms with van der Waals surface area (Å²) in [6.07, 6.45) is 6.28. The van der Waals surface area contributed by atoms with Crippen molar-refractivity contribution in [1.82, 2.24) is 14.9 Å². The monoisotopic (exact) mass is 276 g/mol. The molecule has 1 aliphatic carbocycles. The Morgan fingerprint density at radius 2 is 2.05 bits per heavy atom. The standard InChI is InChI=1S/C14H24N6/c1-20-7-3-2-4-11(20)9-16-12-8-13(19-15)18-14(17-12)10-5-6-10/h8,10-11H,2-7,9,15H2,1H3,(H2,16,17,18,19). The van der Waals surface area contributed by atoms with E-state index in [-0.39, 0.29) is 0 Å². The maximum atomic E-state index is 5.49. The first-order valence-electron chi connectivity index (χ1n) is 7.56. The zero-order valence-corrected chi connectivity index (χ0v) is 12.1. The van der Waals surface area contributed by atoms with Crippen LogP contribution < -0.4 is 16.6 Å². The lowest BCUT2D eigenvalue weighted by Crippen LogP contribution is -2.40. The fourth-order valence-electron chi connectivity index (χ4n) is 2.78. The molecule has 0 amide bonds. The third-order valence-corrected chi connectivity index (χ3v) is 4.27. The molecule has 110 valence electrons. The number of nitrogens with two attached hydrogens (primary N) is 1. The van der Waals surface area contributed by atoms with Gasteiger partial charge in [0.15, 0.2) is 0 Å². The lowest BCUT2D eigenvalue weighted by atomic mass is 10.0. The number of hydrogen-bond acceptors (Lipinski definition) is 6. The molecule has 2 heterocycles. The zero-order chi connectivity index (χ0) is 13.9. The number of piperidine rings is 1. The number of anilines is 2. The van der Waals surface area contributed by atoms with Crippen molar-refractivity contribution in [1.29, 1.82) is 0 Å². The van der Waals surface area contributed by atoms with E-state index in [4.69, 9.17) is 5.84 Å². The number of nitrogens with one attached hydrogen (secondary N) is 2. The smallest absolute Gasteiger partial charge is 0.145 e. The summed E-state index contributed by atoms with van der Waals surface area (Å²) in [6.45, 7) is 2.13. The molecule has 2 fully saturated rings. The van der Waals surface area contributed by atoms with Gasteiger partial charge in [0.25, 0.3) is 0 Å². The molecule has 2 aliphatic rings. The van der Waals surface area contributed by atoms with Gasteiger partial charge in [-0.2, -0.15) is 0 Å². The molecule has 0 radical (unpaired) electrons. The maximum absolute atomic E-state index is 5.49. The second-order valence-electron chi connectivity index (χ2n) is 5.93. The Bertz CT molecular complexity index is 459. The van der Waals surface area contributed by atoms with E-state index < -0.39 is 0 Å². The van der Waals surface area contributed by atoms with Gasteiger partial charge in [-0.15, -0.1) is 0 Å². The number of aromatic nitrogens is 2. The van der Waals surface area contributed by atoms with E-state index in [0.717, 1.165) is 18.2 Å². The number of rotatable bonds is 5. The highest BCUT2D eigenvalue weighted by atomic mass is 15.3. The van der Waals surface area contributed by atoms with Gasteiger partial charge in [-0.3, -0.25) is 0 Å². The van der Waals surface area contributed by atoms with Crippen LogP contribution in [-0.2, 0) is 0 Å². The molecule has 1 atom stereocenters. The molecule has 6 nitrogen and oxygen atoms in total. The van der Waals surface area contributed by atoms with Gasteiger partial charge >= 0.3 is 0 Å². The Kier molecular flexibility index (Phi) is 4.03. The zero-order valence-electron chi connectivity index (χ0n) is 12.1. The summed E-state index contributed by atoms with van der Waals surface area (Å²) in [4.78, 5) is 11.5. The minimum absolute atomic E-state index is 0.529. The fraction of sp³-hybridized carbons (Fsp3) is 0.714. The summed E-state index contributed by atoms with van der Waals surface area (Å²) in [7, 11) is 2.20. The minimum Gasteiger partial charge on any atom is -0.368 e. The number of nitrogen functional groups attached to an aromatic ring is 1. The van der Waals surface area contributed by atoms with Crippen LogP contribution in [0, 0.1) is 0 Å². The molecule has 0 aromatic carbocycles. The summed E-state index contributed by atoms with van der Waals surface area (Å²) in [5, 5.41) is 3.45. The van der Waals surface area contributed by atoms with Crippen molar-refractivity contribution in [2.75, 3.05) is 30.9 Å². The summed E-state index contributed by atoms with van der Waals surface area (Å²) in [5.74, 6) is 8.52. The van der Waals surface area contributed by atoms with E-state index in [1.54, 1.807) is 0 Å². The third-order valence-electron chi connectivity index (χ3n) is 4.27. The highest BCUT2D eigenvalue weighted by Gasteiger charge is 2.27. The van der Waals surface area contributed by atoms with Crippen LogP contribution >= 0.6 is 0 Å². The SMILES string of the molecule is CN1CCCCC1CNc1cc(NN)nc(C2CC2)n1. The van der Waals surface area contributed by atoms with Gasteiger partial charge in [0.2, 0.25) is 0 Å². The first-order chi connectivity index (χ1) is 9.76. The van der Waals surface area contributed by atoms with Crippen LogP contribution in [0.2, 0.25) is 0 Å².